The largest absolute Gasteiger partial charge is 0.486 e. The van der Waals surface area contributed by atoms with Crippen molar-refractivity contribution in [3.05, 3.63) is 70.0 Å². The first kappa shape index (κ1) is 22.0. The van der Waals surface area contributed by atoms with Gasteiger partial charge >= 0.3 is 0 Å². The molecule has 174 valence electrons. The van der Waals surface area contributed by atoms with Crippen LogP contribution < -0.4 is 20.3 Å². The Labute approximate surface area is 195 Å². The maximum Gasteiger partial charge on any atom is 0.251 e. The van der Waals surface area contributed by atoms with E-state index in [9.17, 15) is 4.79 Å². The second kappa shape index (κ2) is 9.57. The number of piperidine rings is 1. The number of hydrogen-bond donors (Lipinski definition) is 1. The summed E-state index contributed by atoms with van der Waals surface area (Å²) >= 11 is 0. The lowest BCUT2D eigenvalue weighted by Crippen LogP contribution is -2.47. The Balaban J connectivity index is 1.16. The quantitative estimate of drug-likeness (QED) is 0.624. The topological polar surface area (TPSA) is 55.7 Å². The Kier molecular flexibility index (Phi) is 6.38. The first-order valence-corrected chi connectivity index (χ1v) is 12.0. The Morgan fingerprint density at radius 2 is 1.76 bits per heavy atom. The van der Waals surface area contributed by atoms with Gasteiger partial charge in [-0.25, -0.2) is 0 Å². The molecule has 1 saturated heterocycles. The molecule has 0 saturated carbocycles. The Morgan fingerprint density at radius 1 is 1.00 bits per heavy atom. The van der Waals surface area contributed by atoms with Crippen LogP contribution in [0.4, 0.5) is 0 Å². The number of likely N-dealkylation sites (tertiary alicyclic amines) is 1. The van der Waals surface area contributed by atoms with E-state index < -0.39 is 0 Å². The number of ether oxygens (including phenoxy) is 2. The molecule has 3 aromatic rings. The fourth-order valence-corrected chi connectivity index (χ4v) is 4.97. The van der Waals surface area contributed by atoms with Crippen LogP contribution >= 0.6 is 0 Å². The SMILES string of the molecule is Cc1ccc2ccc(=O)n(CC(C)N3CCC(NCc4ccc5c(c4)OCCO5)CC3)c2c1. The van der Waals surface area contributed by atoms with E-state index >= 15 is 0 Å². The average Bonchev–Trinajstić information content (AvgIpc) is 2.84. The number of aromatic nitrogens is 1. The van der Waals surface area contributed by atoms with Gasteiger partial charge in [-0.1, -0.05) is 18.2 Å². The molecule has 2 aromatic carbocycles. The van der Waals surface area contributed by atoms with Gasteiger partial charge in [0.15, 0.2) is 11.5 Å². The summed E-state index contributed by atoms with van der Waals surface area (Å²) in [7, 11) is 0. The van der Waals surface area contributed by atoms with Crippen molar-refractivity contribution in [2.75, 3.05) is 26.3 Å². The van der Waals surface area contributed by atoms with Gasteiger partial charge in [0, 0.05) is 31.2 Å². The van der Waals surface area contributed by atoms with Crippen LogP contribution in [0.25, 0.3) is 10.9 Å². The van der Waals surface area contributed by atoms with Crippen LogP contribution in [-0.2, 0) is 13.1 Å². The van der Waals surface area contributed by atoms with Gasteiger partial charge in [-0.2, -0.15) is 0 Å². The van der Waals surface area contributed by atoms with Gasteiger partial charge in [-0.05, 0) is 80.6 Å². The number of fused-ring (bicyclic) bond motifs is 2. The van der Waals surface area contributed by atoms with Crippen LogP contribution in [0.3, 0.4) is 0 Å². The van der Waals surface area contributed by atoms with Crippen molar-refractivity contribution in [2.24, 2.45) is 0 Å². The van der Waals surface area contributed by atoms with Crippen molar-refractivity contribution in [1.29, 1.82) is 0 Å². The highest BCUT2D eigenvalue weighted by Gasteiger charge is 2.23. The minimum Gasteiger partial charge on any atom is -0.486 e. The minimum absolute atomic E-state index is 0.0796. The zero-order chi connectivity index (χ0) is 22.8. The van der Waals surface area contributed by atoms with Gasteiger partial charge in [0.25, 0.3) is 5.56 Å². The van der Waals surface area contributed by atoms with Crippen LogP contribution in [0.15, 0.2) is 53.3 Å². The molecule has 3 heterocycles. The molecular weight excluding hydrogens is 414 g/mol. The molecule has 6 heteroatoms. The number of rotatable bonds is 6. The average molecular weight is 448 g/mol. The summed E-state index contributed by atoms with van der Waals surface area (Å²) in [4.78, 5) is 15.2. The number of pyridine rings is 1. The molecule has 1 unspecified atom stereocenters. The molecule has 2 aliphatic heterocycles. The molecule has 1 aromatic heterocycles. The van der Waals surface area contributed by atoms with E-state index in [1.54, 1.807) is 6.07 Å². The van der Waals surface area contributed by atoms with E-state index in [4.69, 9.17) is 9.47 Å². The van der Waals surface area contributed by atoms with Gasteiger partial charge in [-0.3, -0.25) is 9.69 Å². The number of nitrogens with zero attached hydrogens (tertiary/aromatic N) is 2. The maximum absolute atomic E-state index is 12.6. The molecule has 6 nitrogen and oxygen atoms in total. The number of aryl methyl sites for hydroxylation is 1. The Hall–Kier alpha value is -2.83. The highest BCUT2D eigenvalue weighted by molar-refractivity contribution is 5.79. The van der Waals surface area contributed by atoms with Crippen molar-refractivity contribution in [2.45, 2.75) is 51.9 Å². The molecule has 1 atom stereocenters. The van der Waals surface area contributed by atoms with E-state index in [-0.39, 0.29) is 5.56 Å². The van der Waals surface area contributed by atoms with E-state index in [2.05, 4.69) is 54.4 Å². The molecule has 1 fully saturated rings. The molecule has 0 aliphatic carbocycles. The second-order valence-corrected chi connectivity index (χ2v) is 9.36. The Bertz CT molecular complexity index is 1180. The van der Waals surface area contributed by atoms with Crippen LogP contribution in [0, 0.1) is 6.92 Å². The molecular formula is C27H33N3O3. The summed E-state index contributed by atoms with van der Waals surface area (Å²) in [5, 5.41) is 4.84. The van der Waals surface area contributed by atoms with Crippen LogP contribution in [-0.4, -0.2) is 47.9 Å². The van der Waals surface area contributed by atoms with Crippen LogP contribution in [0.5, 0.6) is 11.5 Å². The normalized spacial score (nSPS) is 17.9. The smallest absolute Gasteiger partial charge is 0.251 e. The van der Waals surface area contributed by atoms with Gasteiger partial charge in [0.1, 0.15) is 13.2 Å². The summed E-state index contributed by atoms with van der Waals surface area (Å²) in [6.45, 7) is 9.19. The summed E-state index contributed by atoms with van der Waals surface area (Å²) in [5.74, 6) is 1.69. The third-order valence-corrected chi connectivity index (χ3v) is 6.95. The summed E-state index contributed by atoms with van der Waals surface area (Å²) in [6, 6.07) is 17.0. The summed E-state index contributed by atoms with van der Waals surface area (Å²) in [5.41, 5.74) is 3.52. The fraction of sp³-hybridized carbons (Fsp3) is 0.444. The number of nitrogens with one attached hydrogen (secondary N) is 1. The lowest BCUT2D eigenvalue weighted by Gasteiger charge is -2.36. The first-order chi connectivity index (χ1) is 16.1. The lowest BCUT2D eigenvalue weighted by molar-refractivity contribution is 0.140. The van der Waals surface area contributed by atoms with Gasteiger partial charge in [0.05, 0.1) is 5.52 Å². The van der Waals surface area contributed by atoms with Gasteiger partial charge in [0.2, 0.25) is 0 Å². The van der Waals surface area contributed by atoms with Crippen molar-refractivity contribution in [3.8, 4) is 11.5 Å². The zero-order valence-corrected chi connectivity index (χ0v) is 19.5. The predicted molar refractivity (Wildman–Crippen MR) is 131 cm³/mol. The molecule has 0 bridgehead atoms. The third-order valence-electron chi connectivity index (χ3n) is 6.95. The highest BCUT2D eigenvalue weighted by atomic mass is 16.6. The zero-order valence-electron chi connectivity index (χ0n) is 19.5. The summed E-state index contributed by atoms with van der Waals surface area (Å²) < 4.78 is 13.3. The molecule has 5 rings (SSSR count). The van der Waals surface area contributed by atoms with Crippen molar-refractivity contribution < 1.29 is 9.47 Å². The lowest BCUT2D eigenvalue weighted by atomic mass is 10.0. The Morgan fingerprint density at radius 3 is 2.58 bits per heavy atom. The second-order valence-electron chi connectivity index (χ2n) is 9.36. The van der Waals surface area contributed by atoms with Crippen molar-refractivity contribution in [3.63, 3.8) is 0 Å². The van der Waals surface area contributed by atoms with Crippen LogP contribution in [0.1, 0.15) is 30.9 Å². The van der Waals surface area contributed by atoms with Crippen LogP contribution in [0.2, 0.25) is 0 Å². The number of benzene rings is 2. The number of hydrogen-bond acceptors (Lipinski definition) is 5. The summed E-state index contributed by atoms with van der Waals surface area (Å²) in [6.07, 6.45) is 2.22. The maximum atomic E-state index is 12.6. The fourth-order valence-electron chi connectivity index (χ4n) is 4.97. The van der Waals surface area contributed by atoms with Crippen molar-refractivity contribution >= 4 is 10.9 Å². The third kappa shape index (κ3) is 4.92. The highest BCUT2D eigenvalue weighted by Crippen LogP contribution is 2.30. The van der Waals surface area contributed by atoms with Gasteiger partial charge < -0.3 is 19.4 Å². The van der Waals surface area contributed by atoms with E-state index in [1.165, 1.54) is 11.1 Å². The first-order valence-electron chi connectivity index (χ1n) is 12.0. The molecule has 33 heavy (non-hydrogen) atoms. The molecule has 0 radical (unpaired) electrons. The minimum atomic E-state index is 0.0796. The standard InChI is InChI=1S/C27H33N3O3/c1-19-3-5-22-6-8-27(31)30(24(22)15-19)18-20(2)29-11-9-23(10-12-29)28-17-21-4-7-25-26(16-21)33-14-13-32-25/h3-8,15-16,20,23,28H,9-14,17-18H2,1-2H3. The monoisotopic (exact) mass is 447 g/mol. The van der Waals surface area contributed by atoms with Gasteiger partial charge in [-0.15, -0.1) is 0 Å². The van der Waals surface area contributed by atoms with Crippen molar-refractivity contribution in [1.82, 2.24) is 14.8 Å². The molecule has 1 N–H and O–H groups in total. The van der Waals surface area contributed by atoms with E-state index in [1.807, 2.05) is 16.7 Å². The molecule has 2 aliphatic rings. The molecule has 0 amide bonds. The molecule has 0 spiro atoms. The predicted octanol–water partition coefficient (Wildman–Crippen LogP) is 3.72. The van der Waals surface area contributed by atoms with E-state index in [0.29, 0.717) is 25.3 Å². The van der Waals surface area contributed by atoms with E-state index in [0.717, 1.165) is 61.4 Å².